The number of pyridine rings is 1. The number of hydrogen-bond acceptors (Lipinski definition) is 3. The Morgan fingerprint density at radius 1 is 1.05 bits per heavy atom. The van der Waals surface area contributed by atoms with Gasteiger partial charge in [-0.25, -0.2) is 9.37 Å². The molecule has 0 aliphatic carbocycles. The second-order valence-corrected chi connectivity index (χ2v) is 3.96. The first-order chi connectivity index (χ1) is 9.66. The monoisotopic (exact) mass is 273 g/mol. The van der Waals surface area contributed by atoms with Gasteiger partial charge in [0.05, 0.1) is 0 Å². The molecule has 0 saturated carbocycles. The zero-order valence-corrected chi connectivity index (χ0v) is 10.5. The fraction of sp³-hybridized carbons (Fsp3) is 0.0714. The minimum Gasteiger partial charge on any atom is -0.344 e. The second-order valence-electron chi connectivity index (χ2n) is 3.96. The fourth-order valence-electron chi connectivity index (χ4n) is 1.50. The van der Waals surface area contributed by atoms with Crippen LogP contribution in [0, 0.1) is 5.82 Å². The van der Waals surface area contributed by atoms with Gasteiger partial charge < -0.3 is 5.32 Å². The Bertz CT molecular complexity index is 617. The molecule has 0 bridgehead atoms. The van der Waals surface area contributed by atoms with E-state index >= 15 is 0 Å². The van der Waals surface area contributed by atoms with Crippen LogP contribution in [0.15, 0.2) is 48.7 Å². The summed E-state index contributed by atoms with van der Waals surface area (Å²) in [5, 5.41) is 4.55. The maximum atomic E-state index is 13.3. The van der Waals surface area contributed by atoms with Crippen molar-refractivity contribution in [3.63, 3.8) is 0 Å². The van der Waals surface area contributed by atoms with E-state index < -0.39 is 17.6 Å². The first kappa shape index (κ1) is 13.7. The number of nitrogens with one attached hydrogen (secondary N) is 2. The lowest BCUT2D eigenvalue weighted by Gasteiger charge is -2.06. The van der Waals surface area contributed by atoms with Gasteiger partial charge in [0.15, 0.2) is 11.6 Å². The van der Waals surface area contributed by atoms with E-state index in [4.69, 9.17) is 0 Å². The van der Waals surface area contributed by atoms with Crippen molar-refractivity contribution in [1.29, 1.82) is 0 Å². The van der Waals surface area contributed by atoms with Crippen molar-refractivity contribution in [2.45, 2.75) is 6.54 Å². The Hall–Kier alpha value is -2.76. The van der Waals surface area contributed by atoms with Gasteiger partial charge in [-0.1, -0.05) is 30.3 Å². The van der Waals surface area contributed by atoms with E-state index in [0.29, 0.717) is 0 Å². The third kappa shape index (κ3) is 3.61. The molecule has 6 heteroatoms. The van der Waals surface area contributed by atoms with Crippen LogP contribution in [0.3, 0.4) is 0 Å². The van der Waals surface area contributed by atoms with Crippen molar-refractivity contribution >= 4 is 17.6 Å². The Labute approximate surface area is 114 Å². The van der Waals surface area contributed by atoms with Crippen LogP contribution in [0.1, 0.15) is 5.56 Å². The van der Waals surface area contributed by atoms with E-state index in [1.165, 1.54) is 12.3 Å². The lowest BCUT2D eigenvalue weighted by molar-refractivity contribution is -0.136. The molecule has 1 heterocycles. The number of nitrogens with zero attached hydrogens (tertiary/aromatic N) is 1. The molecule has 0 spiro atoms. The SMILES string of the molecule is O=C(NCc1ccccc1)C(=O)Nc1ncccc1F. The molecule has 2 rings (SSSR count). The molecule has 0 aliphatic rings. The number of amides is 2. The highest BCUT2D eigenvalue weighted by molar-refractivity contribution is 6.39. The van der Waals surface area contributed by atoms with Gasteiger partial charge >= 0.3 is 11.8 Å². The summed E-state index contributed by atoms with van der Waals surface area (Å²) in [4.78, 5) is 26.7. The van der Waals surface area contributed by atoms with Crippen LogP contribution < -0.4 is 10.6 Å². The molecular formula is C14H12FN3O2. The minimum atomic E-state index is -0.960. The molecule has 20 heavy (non-hydrogen) atoms. The first-order valence-corrected chi connectivity index (χ1v) is 5.90. The minimum absolute atomic E-state index is 0.220. The Balaban J connectivity index is 1.90. The quantitative estimate of drug-likeness (QED) is 0.832. The zero-order valence-electron chi connectivity index (χ0n) is 10.5. The maximum absolute atomic E-state index is 13.3. The number of aromatic nitrogens is 1. The highest BCUT2D eigenvalue weighted by Crippen LogP contribution is 2.07. The predicted molar refractivity (Wildman–Crippen MR) is 71.1 cm³/mol. The summed E-state index contributed by atoms with van der Waals surface area (Å²) in [6.07, 6.45) is 1.32. The number of anilines is 1. The van der Waals surface area contributed by atoms with Crippen LogP contribution in [0.2, 0.25) is 0 Å². The van der Waals surface area contributed by atoms with E-state index in [-0.39, 0.29) is 12.4 Å². The molecule has 2 amide bonds. The van der Waals surface area contributed by atoms with Crippen LogP contribution in [-0.2, 0) is 16.1 Å². The summed E-state index contributed by atoms with van der Waals surface area (Å²) in [6, 6.07) is 11.7. The summed E-state index contributed by atoms with van der Waals surface area (Å²) in [6.45, 7) is 0.220. The molecule has 1 aromatic heterocycles. The second kappa shape index (κ2) is 6.42. The molecule has 5 nitrogen and oxygen atoms in total. The number of carbonyl (C=O) groups excluding carboxylic acids is 2. The lowest BCUT2D eigenvalue weighted by atomic mass is 10.2. The van der Waals surface area contributed by atoms with Gasteiger partial charge in [-0.05, 0) is 17.7 Å². The van der Waals surface area contributed by atoms with Gasteiger partial charge in [-0.2, -0.15) is 0 Å². The van der Waals surface area contributed by atoms with Crippen molar-refractivity contribution in [3.8, 4) is 0 Å². The van der Waals surface area contributed by atoms with Gasteiger partial charge in [-0.15, -0.1) is 0 Å². The maximum Gasteiger partial charge on any atom is 0.314 e. The van der Waals surface area contributed by atoms with E-state index in [9.17, 15) is 14.0 Å². The van der Waals surface area contributed by atoms with Crippen molar-refractivity contribution < 1.29 is 14.0 Å². The average Bonchev–Trinajstić information content (AvgIpc) is 2.48. The molecule has 2 aromatic rings. The fourth-order valence-corrected chi connectivity index (χ4v) is 1.50. The van der Waals surface area contributed by atoms with Gasteiger partial charge in [0.1, 0.15) is 0 Å². The van der Waals surface area contributed by atoms with E-state index in [1.807, 2.05) is 30.3 Å². The Kier molecular flexibility index (Phi) is 4.39. The topological polar surface area (TPSA) is 71.1 Å². The summed E-state index contributed by atoms with van der Waals surface area (Å²) < 4.78 is 13.3. The molecule has 0 atom stereocenters. The summed E-state index contributed by atoms with van der Waals surface area (Å²) >= 11 is 0. The molecule has 2 N–H and O–H groups in total. The first-order valence-electron chi connectivity index (χ1n) is 5.90. The molecule has 0 unspecified atom stereocenters. The predicted octanol–water partition coefficient (Wildman–Crippen LogP) is 1.48. The number of halogens is 1. The van der Waals surface area contributed by atoms with Gasteiger partial charge in [0.25, 0.3) is 0 Å². The lowest BCUT2D eigenvalue weighted by Crippen LogP contribution is -2.35. The number of rotatable bonds is 3. The molecule has 0 fully saturated rings. The van der Waals surface area contributed by atoms with Crippen molar-refractivity contribution in [2.24, 2.45) is 0 Å². The highest BCUT2D eigenvalue weighted by Gasteiger charge is 2.15. The smallest absolute Gasteiger partial charge is 0.314 e. The van der Waals surface area contributed by atoms with Gasteiger partial charge in [-0.3, -0.25) is 14.9 Å². The van der Waals surface area contributed by atoms with Gasteiger partial charge in [0.2, 0.25) is 0 Å². The third-order valence-corrected chi connectivity index (χ3v) is 2.49. The molecule has 0 saturated heterocycles. The average molecular weight is 273 g/mol. The number of hydrogen-bond donors (Lipinski definition) is 2. The van der Waals surface area contributed by atoms with Crippen LogP contribution in [0.25, 0.3) is 0 Å². The third-order valence-electron chi connectivity index (χ3n) is 2.49. The normalized spacial score (nSPS) is 9.85. The van der Waals surface area contributed by atoms with Crippen LogP contribution >= 0.6 is 0 Å². The van der Waals surface area contributed by atoms with Crippen molar-refractivity contribution in [3.05, 3.63) is 60.0 Å². The standard InChI is InChI=1S/C14H12FN3O2/c15-11-7-4-8-16-12(11)18-14(20)13(19)17-9-10-5-2-1-3-6-10/h1-8H,9H2,(H,17,19)(H,16,18,20). The van der Waals surface area contributed by atoms with Crippen LogP contribution in [0.4, 0.5) is 10.2 Å². The highest BCUT2D eigenvalue weighted by atomic mass is 19.1. The summed E-state index contributed by atoms with van der Waals surface area (Å²) in [7, 11) is 0. The largest absolute Gasteiger partial charge is 0.344 e. The van der Waals surface area contributed by atoms with E-state index in [2.05, 4.69) is 15.6 Å². The summed E-state index contributed by atoms with van der Waals surface area (Å²) in [5.41, 5.74) is 0.859. The van der Waals surface area contributed by atoms with E-state index in [0.717, 1.165) is 11.6 Å². The number of benzene rings is 1. The molecule has 0 aliphatic heterocycles. The van der Waals surface area contributed by atoms with Gasteiger partial charge in [0, 0.05) is 12.7 Å². The van der Waals surface area contributed by atoms with Crippen molar-refractivity contribution in [2.75, 3.05) is 5.32 Å². The zero-order chi connectivity index (χ0) is 14.4. The van der Waals surface area contributed by atoms with Crippen LogP contribution in [0.5, 0.6) is 0 Å². The summed E-state index contributed by atoms with van der Waals surface area (Å²) in [5.74, 6) is -2.78. The number of carbonyl (C=O) groups is 2. The van der Waals surface area contributed by atoms with E-state index in [1.54, 1.807) is 0 Å². The van der Waals surface area contributed by atoms with Crippen LogP contribution in [-0.4, -0.2) is 16.8 Å². The molecule has 0 radical (unpaired) electrons. The Morgan fingerprint density at radius 2 is 1.80 bits per heavy atom. The molecular weight excluding hydrogens is 261 g/mol. The van der Waals surface area contributed by atoms with Crippen molar-refractivity contribution in [1.82, 2.24) is 10.3 Å². The molecule has 102 valence electrons. The molecule has 1 aromatic carbocycles. The Morgan fingerprint density at radius 3 is 2.50 bits per heavy atom.